The topological polar surface area (TPSA) is 158 Å². The highest BCUT2D eigenvalue weighted by atomic mass is 16.7. The molecule has 3 aromatic rings. The number of hydrogen-bond acceptors (Lipinski definition) is 10. The first-order valence-electron chi connectivity index (χ1n) is 10.0. The van der Waals surface area contributed by atoms with Gasteiger partial charge in [0.2, 0.25) is 12.2 Å². The van der Waals surface area contributed by atoms with E-state index in [0.717, 1.165) is 0 Å². The maximum atomic E-state index is 13.5. The number of aryl methyl sites for hydroxylation is 1. The predicted octanol–water partition coefficient (Wildman–Crippen LogP) is 0.0869. The summed E-state index contributed by atoms with van der Waals surface area (Å²) in [6.07, 6.45) is 0.455. The van der Waals surface area contributed by atoms with Gasteiger partial charge in [0.15, 0.2) is 18.0 Å². The third-order valence-electron chi connectivity index (χ3n) is 4.97. The Balaban J connectivity index is 1.80. The molecule has 0 aromatic carbocycles. The smallest absolute Gasteiger partial charge is 0.333 e. The van der Waals surface area contributed by atoms with Crippen molar-refractivity contribution in [2.45, 2.75) is 51.9 Å². The first-order valence-corrected chi connectivity index (χ1v) is 10.0. The van der Waals surface area contributed by atoms with Crippen molar-refractivity contribution in [1.82, 2.24) is 28.9 Å². The Kier molecular flexibility index (Phi) is 5.65. The molecule has 32 heavy (non-hydrogen) atoms. The molecule has 13 nitrogen and oxygen atoms in total. The fourth-order valence-corrected chi connectivity index (χ4v) is 3.62. The quantitative estimate of drug-likeness (QED) is 0.515. The summed E-state index contributed by atoms with van der Waals surface area (Å²) in [5.74, 6) is -1.09. The minimum absolute atomic E-state index is 0.0442. The van der Waals surface area contributed by atoms with Crippen LogP contribution < -0.4 is 11.4 Å². The molecule has 13 heteroatoms. The van der Waals surface area contributed by atoms with E-state index in [4.69, 9.17) is 19.9 Å². The molecule has 4 heterocycles. The van der Waals surface area contributed by atoms with E-state index in [1.165, 1.54) is 22.3 Å². The maximum Gasteiger partial charge on any atom is 0.333 e. The van der Waals surface area contributed by atoms with Crippen molar-refractivity contribution in [3.63, 3.8) is 0 Å². The Hall–Kier alpha value is -3.74. The molecule has 0 unspecified atom stereocenters. The number of nitrogen functional groups attached to an aromatic ring is 1. The van der Waals surface area contributed by atoms with Gasteiger partial charge in [-0.1, -0.05) is 6.92 Å². The Morgan fingerprint density at radius 3 is 2.78 bits per heavy atom. The van der Waals surface area contributed by atoms with Crippen LogP contribution in [0.3, 0.4) is 0 Å². The third kappa shape index (κ3) is 4.06. The number of esters is 2. The molecule has 0 radical (unpaired) electrons. The van der Waals surface area contributed by atoms with Gasteiger partial charge in [0.1, 0.15) is 5.52 Å². The van der Waals surface area contributed by atoms with Crippen molar-refractivity contribution in [3.8, 4) is 0 Å². The molecule has 1 saturated heterocycles. The van der Waals surface area contributed by atoms with E-state index in [2.05, 4.69) is 15.1 Å². The summed E-state index contributed by atoms with van der Waals surface area (Å²) in [7, 11) is 1.77. The zero-order valence-corrected chi connectivity index (χ0v) is 17.8. The highest BCUT2D eigenvalue weighted by molar-refractivity contribution is 5.72. The van der Waals surface area contributed by atoms with Gasteiger partial charge in [0.05, 0.1) is 24.9 Å². The molecule has 4 rings (SSSR count). The number of imidazole rings is 1. The second kappa shape index (κ2) is 8.42. The van der Waals surface area contributed by atoms with Gasteiger partial charge >= 0.3 is 17.6 Å². The zero-order chi connectivity index (χ0) is 23.0. The van der Waals surface area contributed by atoms with Gasteiger partial charge in [0, 0.05) is 26.6 Å². The second-order valence-electron chi connectivity index (χ2n) is 7.34. The van der Waals surface area contributed by atoms with Crippen LogP contribution >= 0.6 is 0 Å². The van der Waals surface area contributed by atoms with Gasteiger partial charge in [-0.2, -0.15) is 10.1 Å². The number of nitrogens with zero attached hydrogens (tertiary/aromatic N) is 6. The number of fused-ring (bicyclic) bond motifs is 1. The number of carbonyl (C=O) groups is 2. The van der Waals surface area contributed by atoms with E-state index in [-0.39, 0.29) is 31.0 Å². The van der Waals surface area contributed by atoms with E-state index in [1.54, 1.807) is 30.9 Å². The number of carbonyl (C=O) groups excluding carboxylic acids is 2. The van der Waals surface area contributed by atoms with Crippen LogP contribution in [-0.2, 0) is 37.4 Å². The van der Waals surface area contributed by atoms with E-state index < -0.39 is 36.3 Å². The van der Waals surface area contributed by atoms with Crippen LogP contribution in [0.15, 0.2) is 23.3 Å². The summed E-state index contributed by atoms with van der Waals surface area (Å²) in [5, 5.41) is 4.31. The van der Waals surface area contributed by atoms with Crippen molar-refractivity contribution < 1.29 is 23.8 Å². The Morgan fingerprint density at radius 2 is 2.12 bits per heavy atom. The Bertz CT molecular complexity index is 1230. The fourth-order valence-electron chi connectivity index (χ4n) is 3.62. The molecular weight excluding hydrogens is 422 g/mol. The molecule has 1 aliphatic rings. The van der Waals surface area contributed by atoms with E-state index in [9.17, 15) is 14.4 Å². The number of ether oxygens (including phenoxy) is 3. The summed E-state index contributed by atoms with van der Waals surface area (Å²) in [6.45, 7) is 3.04. The maximum absolute atomic E-state index is 13.5. The monoisotopic (exact) mass is 445 g/mol. The Labute approximate surface area is 181 Å². The van der Waals surface area contributed by atoms with Crippen molar-refractivity contribution in [3.05, 3.63) is 34.6 Å². The number of anilines is 1. The summed E-state index contributed by atoms with van der Waals surface area (Å²) >= 11 is 0. The van der Waals surface area contributed by atoms with Gasteiger partial charge in [0.25, 0.3) is 0 Å². The lowest BCUT2D eigenvalue weighted by Crippen LogP contribution is -2.34. The molecule has 170 valence electrons. The molecule has 1 fully saturated rings. The first kappa shape index (κ1) is 21.5. The highest BCUT2D eigenvalue weighted by Crippen LogP contribution is 2.33. The van der Waals surface area contributed by atoms with Crippen LogP contribution in [0.2, 0.25) is 0 Å². The third-order valence-corrected chi connectivity index (χ3v) is 4.97. The van der Waals surface area contributed by atoms with Gasteiger partial charge in [-0.25, -0.2) is 14.3 Å². The molecule has 0 saturated carbocycles. The number of nitrogens with two attached hydrogens (primary N) is 1. The average molecular weight is 445 g/mol. The lowest BCUT2D eigenvalue weighted by Gasteiger charge is -2.19. The van der Waals surface area contributed by atoms with Crippen LogP contribution in [0.25, 0.3) is 11.2 Å². The van der Waals surface area contributed by atoms with Gasteiger partial charge < -0.3 is 19.9 Å². The Morgan fingerprint density at radius 1 is 1.34 bits per heavy atom. The summed E-state index contributed by atoms with van der Waals surface area (Å²) < 4.78 is 20.8. The predicted molar refractivity (Wildman–Crippen MR) is 109 cm³/mol. The van der Waals surface area contributed by atoms with Gasteiger partial charge in [-0.05, 0) is 6.07 Å². The minimum Gasteiger partial charge on any atom is -0.457 e. The van der Waals surface area contributed by atoms with Crippen LogP contribution in [-0.4, -0.2) is 53.2 Å². The summed E-state index contributed by atoms with van der Waals surface area (Å²) in [6, 6.07) is 1.78. The molecule has 0 spiro atoms. The number of hydrogen-bond donors (Lipinski definition) is 1. The van der Waals surface area contributed by atoms with E-state index in [1.807, 2.05) is 0 Å². The van der Waals surface area contributed by atoms with Crippen LogP contribution in [0.1, 0.15) is 38.6 Å². The molecule has 3 atom stereocenters. The largest absolute Gasteiger partial charge is 0.457 e. The number of rotatable bonds is 6. The van der Waals surface area contributed by atoms with Crippen LogP contribution in [0.5, 0.6) is 0 Å². The minimum atomic E-state index is -1.08. The standard InChI is InChI=1S/C19H23N7O6/c1-4-14(28)31-15-7-13(30-10(2)27)17(32-15)26-16-12(8-21-18(20)22-16)25(19(26)29)9-11-5-6-24(3)23-11/h5-6,8,13,15,17H,4,7,9H2,1-3H3,(H2,20,21,22)/t13-,15-,17-/m1/s1. The average Bonchev–Trinajstić information content (AvgIpc) is 3.38. The van der Waals surface area contributed by atoms with Crippen molar-refractivity contribution in [2.24, 2.45) is 7.05 Å². The zero-order valence-electron chi connectivity index (χ0n) is 17.8. The molecule has 2 N–H and O–H groups in total. The van der Waals surface area contributed by atoms with Crippen LogP contribution in [0, 0.1) is 0 Å². The van der Waals surface area contributed by atoms with Gasteiger partial charge in [-0.15, -0.1) is 0 Å². The molecule has 0 amide bonds. The lowest BCUT2D eigenvalue weighted by atomic mass is 10.2. The number of aromatic nitrogens is 6. The van der Waals surface area contributed by atoms with E-state index >= 15 is 0 Å². The summed E-state index contributed by atoms with van der Waals surface area (Å²) in [5.41, 5.74) is 6.52. The van der Waals surface area contributed by atoms with Crippen LogP contribution in [0.4, 0.5) is 5.95 Å². The molecular formula is C19H23N7O6. The SMILES string of the molecule is CCC(=O)O[C@H]1C[C@@H](OC(C)=O)[C@H](n2c(=O)n(Cc3ccn(C)n3)c3cnc(N)nc32)O1. The van der Waals surface area contributed by atoms with Gasteiger partial charge in [-0.3, -0.25) is 18.8 Å². The molecule has 0 aliphatic carbocycles. The molecule has 3 aromatic heterocycles. The normalized spacial score (nSPS) is 20.5. The first-order chi connectivity index (χ1) is 15.3. The molecule has 0 bridgehead atoms. The van der Waals surface area contributed by atoms with Crippen molar-refractivity contribution >= 4 is 29.1 Å². The lowest BCUT2D eigenvalue weighted by molar-refractivity contribution is -0.183. The van der Waals surface area contributed by atoms with Crippen molar-refractivity contribution in [2.75, 3.05) is 5.73 Å². The summed E-state index contributed by atoms with van der Waals surface area (Å²) in [4.78, 5) is 45.1. The van der Waals surface area contributed by atoms with Crippen molar-refractivity contribution in [1.29, 1.82) is 0 Å². The second-order valence-corrected chi connectivity index (χ2v) is 7.34. The highest BCUT2D eigenvalue weighted by Gasteiger charge is 2.43. The molecule has 1 aliphatic heterocycles. The fraction of sp³-hybridized carbons (Fsp3) is 0.474. The van der Waals surface area contributed by atoms with E-state index in [0.29, 0.717) is 11.2 Å².